The number of piperidine rings is 1. The molecule has 2 aliphatic heterocycles. The fraction of sp³-hybridized carbons (Fsp3) is 0.429. The van der Waals surface area contributed by atoms with Gasteiger partial charge in [0.05, 0.1) is 0 Å². The van der Waals surface area contributed by atoms with Crippen LogP contribution in [0, 0.1) is 11.2 Å². The Bertz CT molecular complexity index is 660. The lowest BCUT2D eigenvalue weighted by atomic mass is 9.68. The summed E-state index contributed by atoms with van der Waals surface area (Å²) in [6, 6.07) is 17.9. The predicted octanol–water partition coefficient (Wildman–Crippen LogP) is 3.79. The first-order valence-electron chi connectivity index (χ1n) is 8.98. The van der Waals surface area contributed by atoms with E-state index in [0.717, 1.165) is 32.7 Å². The number of hydrogen-bond acceptors (Lipinski definition) is 2. The van der Waals surface area contributed by atoms with E-state index >= 15 is 0 Å². The van der Waals surface area contributed by atoms with Gasteiger partial charge in [0.15, 0.2) is 0 Å². The van der Waals surface area contributed by atoms with Crippen molar-refractivity contribution in [2.45, 2.75) is 25.3 Å². The molecule has 1 unspecified atom stereocenters. The molecule has 2 nitrogen and oxygen atoms in total. The zero-order valence-electron chi connectivity index (χ0n) is 14.0. The van der Waals surface area contributed by atoms with Crippen LogP contribution >= 0.6 is 0 Å². The summed E-state index contributed by atoms with van der Waals surface area (Å²) in [7, 11) is 0. The summed E-state index contributed by atoms with van der Waals surface area (Å²) in [6.45, 7) is 5.45. The van der Waals surface area contributed by atoms with Gasteiger partial charge in [0.1, 0.15) is 5.82 Å². The molecule has 0 radical (unpaired) electrons. The Kier molecular flexibility index (Phi) is 4.38. The molecule has 1 atom stereocenters. The molecule has 2 saturated heterocycles. The minimum absolute atomic E-state index is 0.142. The van der Waals surface area contributed by atoms with Crippen molar-refractivity contribution >= 4 is 0 Å². The maximum Gasteiger partial charge on any atom is 0.123 e. The lowest BCUT2D eigenvalue weighted by Gasteiger charge is -2.43. The van der Waals surface area contributed by atoms with Crippen LogP contribution in [-0.4, -0.2) is 31.1 Å². The van der Waals surface area contributed by atoms with Crippen LogP contribution in [0.1, 0.15) is 29.9 Å². The van der Waals surface area contributed by atoms with Crippen LogP contribution < -0.4 is 5.32 Å². The van der Waals surface area contributed by atoms with Crippen molar-refractivity contribution in [3.05, 3.63) is 71.5 Å². The molecule has 1 N–H and O–H groups in total. The second-order valence-electron chi connectivity index (χ2n) is 7.36. The minimum atomic E-state index is -0.142. The number of nitrogens with zero attached hydrogens (tertiary/aromatic N) is 1. The molecule has 2 aliphatic rings. The van der Waals surface area contributed by atoms with E-state index in [-0.39, 0.29) is 5.82 Å². The Hall–Kier alpha value is -1.71. The van der Waals surface area contributed by atoms with E-state index in [0.29, 0.717) is 11.3 Å². The van der Waals surface area contributed by atoms with Gasteiger partial charge in [0.2, 0.25) is 0 Å². The first kappa shape index (κ1) is 15.8. The van der Waals surface area contributed by atoms with Crippen molar-refractivity contribution in [1.82, 2.24) is 10.2 Å². The molecule has 24 heavy (non-hydrogen) atoms. The van der Waals surface area contributed by atoms with Crippen LogP contribution in [0.25, 0.3) is 0 Å². The van der Waals surface area contributed by atoms with Crippen LogP contribution in [0.4, 0.5) is 4.39 Å². The lowest BCUT2D eigenvalue weighted by molar-refractivity contribution is 0.100. The van der Waals surface area contributed by atoms with E-state index in [2.05, 4.69) is 40.5 Å². The molecule has 0 bridgehead atoms. The van der Waals surface area contributed by atoms with E-state index in [1.165, 1.54) is 24.0 Å². The summed E-state index contributed by atoms with van der Waals surface area (Å²) >= 11 is 0. The molecule has 0 amide bonds. The SMILES string of the molecule is Fc1ccc(C2CNCC23CCN(Cc2ccccc2)CC3)cc1. The number of hydrogen-bond donors (Lipinski definition) is 1. The summed E-state index contributed by atoms with van der Waals surface area (Å²) in [5, 5.41) is 3.60. The number of nitrogens with one attached hydrogen (secondary N) is 1. The van der Waals surface area contributed by atoms with Gasteiger partial charge in [-0.1, -0.05) is 42.5 Å². The lowest BCUT2D eigenvalue weighted by Crippen LogP contribution is -2.43. The van der Waals surface area contributed by atoms with Crippen molar-refractivity contribution in [2.75, 3.05) is 26.2 Å². The summed E-state index contributed by atoms with van der Waals surface area (Å²) in [5.74, 6) is 0.369. The van der Waals surface area contributed by atoms with Crippen LogP contribution in [0.5, 0.6) is 0 Å². The number of halogens is 1. The molecule has 2 heterocycles. The molecule has 0 aromatic heterocycles. The molecule has 1 spiro atoms. The number of likely N-dealkylation sites (tertiary alicyclic amines) is 1. The Labute approximate surface area is 143 Å². The third-order valence-electron chi connectivity index (χ3n) is 5.94. The second kappa shape index (κ2) is 6.66. The minimum Gasteiger partial charge on any atom is -0.316 e. The van der Waals surface area contributed by atoms with E-state index in [9.17, 15) is 4.39 Å². The van der Waals surface area contributed by atoms with Gasteiger partial charge in [-0.3, -0.25) is 4.90 Å². The molecular weight excluding hydrogens is 299 g/mol. The zero-order chi connectivity index (χ0) is 16.4. The maximum absolute atomic E-state index is 13.2. The van der Waals surface area contributed by atoms with Crippen LogP contribution in [-0.2, 0) is 6.54 Å². The fourth-order valence-electron chi connectivity index (χ4n) is 4.49. The molecule has 0 aliphatic carbocycles. The van der Waals surface area contributed by atoms with Crippen molar-refractivity contribution in [3.63, 3.8) is 0 Å². The summed E-state index contributed by atoms with van der Waals surface area (Å²) in [4.78, 5) is 2.57. The van der Waals surface area contributed by atoms with E-state index < -0.39 is 0 Å². The van der Waals surface area contributed by atoms with Gasteiger partial charge in [0, 0.05) is 25.6 Å². The van der Waals surface area contributed by atoms with Crippen molar-refractivity contribution in [1.29, 1.82) is 0 Å². The normalized spacial score (nSPS) is 23.6. The molecule has 2 aromatic carbocycles. The quantitative estimate of drug-likeness (QED) is 0.924. The number of benzene rings is 2. The van der Waals surface area contributed by atoms with E-state index in [1.54, 1.807) is 12.1 Å². The van der Waals surface area contributed by atoms with Crippen LogP contribution in [0.3, 0.4) is 0 Å². The number of rotatable bonds is 3. The predicted molar refractivity (Wildman–Crippen MR) is 95.4 cm³/mol. The summed E-state index contributed by atoms with van der Waals surface area (Å²) in [5.41, 5.74) is 3.02. The van der Waals surface area contributed by atoms with Gasteiger partial charge < -0.3 is 5.32 Å². The first-order valence-corrected chi connectivity index (χ1v) is 8.98. The van der Waals surface area contributed by atoms with E-state index in [4.69, 9.17) is 0 Å². The molecule has 0 saturated carbocycles. The standard InChI is InChI=1S/C21H25FN2/c22-19-8-6-18(7-9-19)20-14-23-16-21(20)10-12-24(13-11-21)15-17-4-2-1-3-5-17/h1-9,20,23H,10-16H2. The van der Waals surface area contributed by atoms with Gasteiger partial charge >= 0.3 is 0 Å². The largest absolute Gasteiger partial charge is 0.316 e. The second-order valence-corrected chi connectivity index (χ2v) is 7.36. The van der Waals surface area contributed by atoms with Crippen molar-refractivity contribution in [3.8, 4) is 0 Å². The monoisotopic (exact) mass is 324 g/mol. The smallest absolute Gasteiger partial charge is 0.123 e. The highest BCUT2D eigenvalue weighted by Crippen LogP contribution is 2.47. The first-order chi connectivity index (χ1) is 11.8. The molecule has 126 valence electrons. The molecule has 2 aromatic rings. The highest BCUT2D eigenvalue weighted by molar-refractivity contribution is 5.26. The van der Waals surface area contributed by atoms with Gasteiger partial charge in [-0.2, -0.15) is 0 Å². The van der Waals surface area contributed by atoms with Crippen molar-refractivity contribution < 1.29 is 4.39 Å². The van der Waals surface area contributed by atoms with E-state index in [1.807, 2.05) is 12.1 Å². The zero-order valence-corrected chi connectivity index (χ0v) is 14.0. The highest BCUT2D eigenvalue weighted by atomic mass is 19.1. The maximum atomic E-state index is 13.2. The van der Waals surface area contributed by atoms with Crippen LogP contribution in [0.15, 0.2) is 54.6 Å². The van der Waals surface area contributed by atoms with Gasteiger partial charge in [-0.25, -0.2) is 4.39 Å². The topological polar surface area (TPSA) is 15.3 Å². The molecule has 3 heteroatoms. The molecule has 2 fully saturated rings. The van der Waals surface area contributed by atoms with Crippen molar-refractivity contribution in [2.24, 2.45) is 5.41 Å². The molecular formula is C21H25FN2. The Morgan fingerprint density at radius 1 is 1.00 bits per heavy atom. The average Bonchev–Trinajstić information content (AvgIpc) is 3.02. The fourth-order valence-corrected chi connectivity index (χ4v) is 4.49. The van der Waals surface area contributed by atoms with Gasteiger partial charge in [-0.15, -0.1) is 0 Å². The Morgan fingerprint density at radius 3 is 2.42 bits per heavy atom. The average molecular weight is 324 g/mol. The van der Waals surface area contributed by atoms with Gasteiger partial charge in [0.25, 0.3) is 0 Å². The highest BCUT2D eigenvalue weighted by Gasteiger charge is 2.45. The summed E-state index contributed by atoms with van der Waals surface area (Å²) in [6.07, 6.45) is 2.43. The van der Waals surface area contributed by atoms with Gasteiger partial charge in [-0.05, 0) is 54.6 Å². The summed E-state index contributed by atoms with van der Waals surface area (Å²) < 4.78 is 13.2. The van der Waals surface area contributed by atoms with Crippen LogP contribution in [0.2, 0.25) is 0 Å². The molecule has 4 rings (SSSR count). The Morgan fingerprint density at radius 2 is 1.71 bits per heavy atom. The third kappa shape index (κ3) is 3.11. The Balaban J connectivity index is 1.44. The third-order valence-corrected chi connectivity index (χ3v) is 5.94.